The minimum atomic E-state index is -0.329. The van der Waals surface area contributed by atoms with Crippen LogP contribution in [0, 0.1) is 0 Å². The van der Waals surface area contributed by atoms with Crippen molar-refractivity contribution >= 4 is 33.7 Å². The number of benzene rings is 2. The zero-order chi connectivity index (χ0) is 18.5. The van der Waals surface area contributed by atoms with Crippen LogP contribution >= 0.6 is 0 Å². The number of fused-ring (bicyclic) bond motifs is 3. The number of hydrogen-bond acceptors (Lipinski definition) is 5. The van der Waals surface area contributed by atoms with Gasteiger partial charge in [-0.25, -0.2) is 4.98 Å². The van der Waals surface area contributed by atoms with E-state index in [9.17, 15) is 9.59 Å². The zero-order valence-electron chi connectivity index (χ0n) is 15.0. The SMILES string of the molecule is CCOC(=O)CCn1c(CC(=O)OCC)nc2c3ccccc3ccc21. The van der Waals surface area contributed by atoms with Gasteiger partial charge in [-0.15, -0.1) is 0 Å². The summed E-state index contributed by atoms with van der Waals surface area (Å²) in [5.74, 6) is 0.000761. The smallest absolute Gasteiger partial charge is 0.313 e. The summed E-state index contributed by atoms with van der Waals surface area (Å²) in [6.07, 6.45) is 0.293. The molecule has 0 bridgehead atoms. The molecule has 0 aliphatic heterocycles. The van der Waals surface area contributed by atoms with Crippen molar-refractivity contribution in [1.82, 2.24) is 9.55 Å². The van der Waals surface area contributed by atoms with Gasteiger partial charge >= 0.3 is 11.9 Å². The lowest BCUT2D eigenvalue weighted by Gasteiger charge is -2.09. The van der Waals surface area contributed by atoms with E-state index in [1.165, 1.54) is 0 Å². The lowest BCUT2D eigenvalue weighted by molar-refractivity contribution is -0.143. The number of carbonyl (C=O) groups is 2. The Labute approximate surface area is 151 Å². The Morgan fingerprint density at radius 3 is 2.50 bits per heavy atom. The number of carbonyl (C=O) groups excluding carboxylic acids is 2. The van der Waals surface area contributed by atoms with Crippen LogP contribution in [0.3, 0.4) is 0 Å². The fraction of sp³-hybridized carbons (Fsp3) is 0.350. The average Bonchev–Trinajstić information content (AvgIpc) is 2.98. The molecule has 0 radical (unpaired) electrons. The fourth-order valence-corrected chi connectivity index (χ4v) is 3.07. The lowest BCUT2D eigenvalue weighted by atomic mass is 10.1. The summed E-state index contributed by atoms with van der Waals surface area (Å²) in [4.78, 5) is 28.5. The topological polar surface area (TPSA) is 70.4 Å². The van der Waals surface area contributed by atoms with Crippen LogP contribution in [0.4, 0.5) is 0 Å². The van der Waals surface area contributed by atoms with Crippen molar-refractivity contribution in [3.05, 3.63) is 42.2 Å². The summed E-state index contributed by atoms with van der Waals surface area (Å²) >= 11 is 0. The minimum absolute atomic E-state index is 0.0691. The molecule has 136 valence electrons. The average molecular weight is 354 g/mol. The maximum atomic E-state index is 12.0. The van der Waals surface area contributed by atoms with Crippen molar-refractivity contribution in [2.75, 3.05) is 13.2 Å². The molecule has 1 aromatic heterocycles. The van der Waals surface area contributed by atoms with E-state index < -0.39 is 0 Å². The van der Waals surface area contributed by atoms with Gasteiger partial charge in [0.15, 0.2) is 0 Å². The molecule has 26 heavy (non-hydrogen) atoms. The van der Waals surface area contributed by atoms with E-state index >= 15 is 0 Å². The van der Waals surface area contributed by atoms with Gasteiger partial charge in [0.25, 0.3) is 0 Å². The highest BCUT2D eigenvalue weighted by atomic mass is 16.5. The van der Waals surface area contributed by atoms with Crippen LogP contribution in [0.25, 0.3) is 21.8 Å². The summed E-state index contributed by atoms with van der Waals surface area (Å²) in [5.41, 5.74) is 1.72. The number of aromatic nitrogens is 2. The Kier molecular flexibility index (Phi) is 5.51. The maximum absolute atomic E-state index is 12.0. The second-order valence-corrected chi connectivity index (χ2v) is 5.87. The zero-order valence-corrected chi connectivity index (χ0v) is 15.0. The number of hydrogen-bond donors (Lipinski definition) is 0. The molecule has 0 fully saturated rings. The van der Waals surface area contributed by atoms with E-state index in [0.717, 1.165) is 21.8 Å². The highest BCUT2D eigenvalue weighted by Crippen LogP contribution is 2.26. The molecule has 0 spiro atoms. The molecule has 6 heteroatoms. The molecule has 0 aliphatic rings. The summed E-state index contributed by atoms with van der Waals surface area (Å²) < 4.78 is 12.0. The monoisotopic (exact) mass is 354 g/mol. The molecule has 0 amide bonds. The first kappa shape index (κ1) is 17.9. The van der Waals surface area contributed by atoms with Crippen molar-refractivity contribution in [2.24, 2.45) is 0 Å². The molecule has 0 saturated heterocycles. The standard InChI is InChI=1S/C20H22N2O4/c1-3-25-18(23)11-12-22-16-10-9-14-7-5-6-8-15(14)20(16)21-17(22)13-19(24)26-4-2/h5-10H,3-4,11-13H2,1-2H3. The first-order chi connectivity index (χ1) is 12.6. The first-order valence-electron chi connectivity index (χ1n) is 8.82. The number of esters is 2. The van der Waals surface area contributed by atoms with Crippen LogP contribution < -0.4 is 0 Å². The van der Waals surface area contributed by atoms with Crippen LogP contribution in [0.2, 0.25) is 0 Å². The molecule has 2 aromatic carbocycles. The maximum Gasteiger partial charge on any atom is 0.313 e. The highest BCUT2D eigenvalue weighted by molar-refractivity contribution is 6.04. The molecule has 3 aromatic rings. The quantitative estimate of drug-likeness (QED) is 0.609. The minimum Gasteiger partial charge on any atom is -0.466 e. The summed E-state index contributed by atoms with van der Waals surface area (Å²) in [5, 5.41) is 2.10. The van der Waals surface area contributed by atoms with E-state index in [1.54, 1.807) is 13.8 Å². The van der Waals surface area contributed by atoms with Gasteiger partial charge in [-0.05, 0) is 25.3 Å². The van der Waals surface area contributed by atoms with Crippen LogP contribution in [0.1, 0.15) is 26.1 Å². The van der Waals surface area contributed by atoms with Crippen LogP contribution in [0.15, 0.2) is 36.4 Å². The summed E-state index contributed by atoms with van der Waals surface area (Å²) in [6.45, 7) is 4.63. The molecule has 0 N–H and O–H groups in total. The van der Waals surface area contributed by atoms with Gasteiger partial charge in [0.2, 0.25) is 0 Å². The normalized spacial score (nSPS) is 11.0. The molecule has 0 aliphatic carbocycles. The Hall–Kier alpha value is -2.89. The van der Waals surface area contributed by atoms with Crippen molar-refractivity contribution in [2.45, 2.75) is 33.2 Å². The molecule has 3 rings (SSSR count). The van der Waals surface area contributed by atoms with Gasteiger partial charge in [0.1, 0.15) is 12.2 Å². The van der Waals surface area contributed by atoms with Gasteiger partial charge in [-0.2, -0.15) is 0 Å². The summed E-state index contributed by atoms with van der Waals surface area (Å²) in [7, 11) is 0. The van der Waals surface area contributed by atoms with Crippen molar-refractivity contribution in [1.29, 1.82) is 0 Å². The number of ether oxygens (including phenoxy) is 2. The van der Waals surface area contributed by atoms with Crippen LogP contribution in [-0.4, -0.2) is 34.7 Å². The van der Waals surface area contributed by atoms with Gasteiger partial charge in [-0.1, -0.05) is 30.3 Å². The van der Waals surface area contributed by atoms with Crippen molar-refractivity contribution in [3.8, 4) is 0 Å². The third kappa shape index (κ3) is 3.69. The van der Waals surface area contributed by atoms with Gasteiger partial charge < -0.3 is 14.0 Å². The molecule has 0 atom stereocenters. The van der Waals surface area contributed by atoms with Crippen LogP contribution in [-0.2, 0) is 32.0 Å². The largest absolute Gasteiger partial charge is 0.466 e. The molecule has 0 unspecified atom stereocenters. The Bertz CT molecular complexity index is 946. The molecule has 6 nitrogen and oxygen atoms in total. The van der Waals surface area contributed by atoms with E-state index in [4.69, 9.17) is 14.5 Å². The third-order valence-electron chi connectivity index (χ3n) is 4.18. The van der Waals surface area contributed by atoms with Crippen molar-refractivity contribution < 1.29 is 19.1 Å². The third-order valence-corrected chi connectivity index (χ3v) is 4.18. The van der Waals surface area contributed by atoms with Crippen molar-refractivity contribution in [3.63, 3.8) is 0 Å². The Balaban J connectivity index is 2.03. The molecule has 1 heterocycles. The highest BCUT2D eigenvalue weighted by Gasteiger charge is 2.17. The number of nitrogens with zero attached hydrogens (tertiary/aromatic N) is 2. The van der Waals surface area contributed by atoms with E-state index in [2.05, 4.69) is 0 Å². The molecular formula is C20H22N2O4. The van der Waals surface area contributed by atoms with Crippen LogP contribution in [0.5, 0.6) is 0 Å². The predicted molar refractivity (Wildman–Crippen MR) is 98.8 cm³/mol. The van der Waals surface area contributed by atoms with Gasteiger partial charge in [0.05, 0.1) is 30.7 Å². The Morgan fingerprint density at radius 1 is 1.00 bits per heavy atom. The Morgan fingerprint density at radius 2 is 1.73 bits per heavy atom. The van der Waals surface area contributed by atoms with E-state index in [-0.39, 0.29) is 24.8 Å². The lowest BCUT2D eigenvalue weighted by Crippen LogP contribution is -2.15. The molecule has 0 saturated carbocycles. The first-order valence-corrected chi connectivity index (χ1v) is 8.82. The number of imidazole rings is 1. The molecular weight excluding hydrogens is 332 g/mol. The summed E-state index contributed by atoms with van der Waals surface area (Å²) in [6, 6.07) is 12.0. The van der Waals surface area contributed by atoms with Gasteiger partial charge in [0, 0.05) is 11.9 Å². The number of rotatable bonds is 7. The van der Waals surface area contributed by atoms with E-state index in [0.29, 0.717) is 25.6 Å². The second kappa shape index (κ2) is 7.99. The van der Waals surface area contributed by atoms with E-state index in [1.807, 2.05) is 41.0 Å². The number of aryl methyl sites for hydroxylation is 1. The fourth-order valence-electron chi connectivity index (χ4n) is 3.07. The van der Waals surface area contributed by atoms with Gasteiger partial charge in [-0.3, -0.25) is 9.59 Å². The predicted octanol–water partition coefficient (Wildman–Crippen LogP) is 3.25. The second-order valence-electron chi connectivity index (χ2n) is 5.87.